The second kappa shape index (κ2) is 9.82. The molecule has 1 aliphatic heterocycles. The minimum absolute atomic E-state index is 0.0701. The zero-order valence-electron chi connectivity index (χ0n) is 17.3. The van der Waals surface area contributed by atoms with Crippen LogP contribution in [0.2, 0.25) is 0 Å². The van der Waals surface area contributed by atoms with E-state index in [0.29, 0.717) is 36.0 Å². The average molecular weight is 411 g/mol. The summed E-state index contributed by atoms with van der Waals surface area (Å²) in [7, 11) is 1.54. The number of rotatable bonds is 7. The zero-order valence-corrected chi connectivity index (χ0v) is 17.3. The van der Waals surface area contributed by atoms with Gasteiger partial charge in [-0.25, -0.2) is 4.79 Å². The van der Waals surface area contributed by atoms with Crippen molar-refractivity contribution in [2.45, 2.75) is 19.9 Å². The molecule has 0 atom stereocenters. The molecular weight excluding hydrogens is 386 g/mol. The molecule has 1 heterocycles. The number of carbonyl (C=O) groups is 2. The van der Waals surface area contributed by atoms with Gasteiger partial charge < -0.3 is 23.8 Å². The summed E-state index contributed by atoms with van der Waals surface area (Å²) in [5.74, 6) is 0.710. The molecule has 1 amide bonds. The topological polar surface area (TPSA) is 74.3 Å². The van der Waals surface area contributed by atoms with Crippen LogP contribution in [-0.2, 0) is 14.3 Å². The van der Waals surface area contributed by atoms with Gasteiger partial charge in [-0.15, -0.1) is 0 Å². The highest BCUT2D eigenvalue weighted by molar-refractivity contribution is 5.97. The van der Waals surface area contributed by atoms with Crippen molar-refractivity contribution in [1.29, 1.82) is 0 Å². The first-order chi connectivity index (χ1) is 14.5. The standard InChI is InChI=1S/C23H25NO6/c1-16(2)24(18-7-5-4-6-8-18)21(25)15-30-22(26)10-9-17-13-19(27-3)23-20(14-17)28-11-12-29-23/h4-10,13-14,16H,11-12,15H2,1-3H3/b10-9+. The second-order valence-corrected chi connectivity index (χ2v) is 6.88. The number of methoxy groups -OCH3 is 1. The number of amides is 1. The molecule has 2 aromatic rings. The molecule has 158 valence electrons. The van der Waals surface area contributed by atoms with Crippen LogP contribution in [0.3, 0.4) is 0 Å². The van der Waals surface area contributed by atoms with Crippen molar-refractivity contribution in [2.24, 2.45) is 0 Å². The first-order valence-corrected chi connectivity index (χ1v) is 9.69. The smallest absolute Gasteiger partial charge is 0.331 e. The molecule has 2 aromatic carbocycles. The van der Waals surface area contributed by atoms with Crippen LogP contribution in [0.25, 0.3) is 6.08 Å². The minimum atomic E-state index is -0.617. The third-order valence-electron chi connectivity index (χ3n) is 4.42. The number of fused-ring (bicyclic) bond motifs is 1. The number of carbonyl (C=O) groups excluding carboxylic acids is 2. The molecule has 0 saturated heterocycles. The fraction of sp³-hybridized carbons (Fsp3) is 0.304. The Hall–Kier alpha value is -3.48. The maximum absolute atomic E-state index is 12.6. The Morgan fingerprint density at radius 2 is 1.87 bits per heavy atom. The summed E-state index contributed by atoms with van der Waals surface area (Å²) in [5.41, 5.74) is 1.44. The van der Waals surface area contributed by atoms with Crippen molar-refractivity contribution in [1.82, 2.24) is 0 Å². The number of hydrogen-bond acceptors (Lipinski definition) is 6. The summed E-state index contributed by atoms with van der Waals surface area (Å²) >= 11 is 0. The second-order valence-electron chi connectivity index (χ2n) is 6.88. The van der Waals surface area contributed by atoms with Crippen LogP contribution in [0.15, 0.2) is 48.5 Å². The quantitative estimate of drug-likeness (QED) is 0.513. The van der Waals surface area contributed by atoms with Crippen molar-refractivity contribution < 1.29 is 28.5 Å². The average Bonchev–Trinajstić information content (AvgIpc) is 2.76. The summed E-state index contributed by atoms with van der Waals surface area (Å²) in [6.45, 7) is 4.36. The van der Waals surface area contributed by atoms with Crippen LogP contribution in [0.1, 0.15) is 19.4 Å². The van der Waals surface area contributed by atoms with E-state index in [9.17, 15) is 9.59 Å². The van der Waals surface area contributed by atoms with Crippen LogP contribution < -0.4 is 19.1 Å². The van der Waals surface area contributed by atoms with Crippen LogP contribution >= 0.6 is 0 Å². The van der Waals surface area contributed by atoms with E-state index in [-0.39, 0.29) is 18.6 Å². The van der Waals surface area contributed by atoms with Gasteiger partial charge in [-0.2, -0.15) is 0 Å². The van der Waals surface area contributed by atoms with Gasteiger partial charge in [0.2, 0.25) is 5.75 Å². The molecule has 7 heteroatoms. The summed E-state index contributed by atoms with van der Waals surface area (Å²) in [6, 6.07) is 12.7. The Bertz CT molecular complexity index is 906. The molecule has 0 fully saturated rings. The highest BCUT2D eigenvalue weighted by Gasteiger charge is 2.20. The van der Waals surface area contributed by atoms with E-state index < -0.39 is 5.97 Å². The maximum Gasteiger partial charge on any atom is 0.331 e. The van der Waals surface area contributed by atoms with Gasteiger partial charge in [-0.3, -0.25) is 4.79 Å². The largest absolute Gasteiger partial charge is 0.493 e. The zero-order chi connectivity index (χ0) is 21.5. The van der Waals surface area contributed by atoms with Gasteiger partial charge in [0.05, 0.1) is 7.11 Å². The summed E-state index contributed by atoms with van der Waals surface area (Å²) in [6.07, 6.45) is 2.84. The van der Waals surface area contributed by atoms with Crippen LogP contribution in [-0.4, -0.2) is 44.8 Å². The molecule has 30 heavy (non-hydrogen) atoms. The van der Waals surface area contributed by atoms with E-state index in [4.69, 9.17) is 18.9 Å². The van der Waals surface area contributed by atoms with Crippen molar-refractivity contribution in [3.8, 4) is 17.2 Å². The SMILES string of the molecule is COc1cc(/C=C/C(=O)OCC(=O)N(c2ccccc2)C(C)C)cc2c1OCCO2. The first kappa shape index (κ1) is 21.2. The number of hydrogen-bond donors (Lipinski definition) is 0. The van der Waals surface area contributed by atoms with Crippen molar-refractivity contribution in [3.05, 3.63) is 54.1 Å². The number of para-hydroxylation sites is 1. The third kappa shape index (κ3) is 5.11. The van der Waals surface area contributed by atoms with Crippen LogP contribution in [0.5, 0.6) is 17.2 Å². The fourth-order valence-electron chi connectivity index (χ4n) is 3.12. The molecule has 0 N–H and O–H groups in total. The van der Waals surface area contributed by atoms with Crippen molar-refractivity contribution in [3.63, 3.8) is 0 Å². The van der Waals surface area contributed by atoms with Gasteiger partial charge in [-0.1, -0.05) is 18.2 Å². The molecule has 0 aromatic heterocycles. The van der Waals surface area contributed by atoms with E-state index in [1.165, 1.54) is 13.2 Å². The predicted octanol–water partition coefficient (Wildman–Crippen LogP) is 3.46. The van der Waals surface area contributed by atoms with E-state index >= 15 is 0 Å². The first-order valence-electron chi connectivity index (χ1n) is 9.69. The molecule has 0 saturated carbocycles. The lowest BCUT2D eigenvalue weighted by Gasteiger charge is -2.26. The van der Waals surface area contributed by atoms with Crippen LogP contribution in [0.4, 0.5) is 5.69 Å². The molecule has 0 bridgehead atoms. The maximum atomic E-state index is 12.6. The number of benzene rings is 2. The Morgan fingerprint density at radius 3 is 2.57 bits per heavy atom. The molecule has 0 aliphatic carbocycles. The van der Waals surface area contributed by atoms with Gasteiger partial charge in [0.25, 0.3) is 5.91 Å². The minimum Gasteiger partial charge on any atom is -0.493 e. The Balaban J connectivity index is 1.63. The summed E-state index contributed by atoms with van der Waals surface area (Å²) in [5, 5.41) is 0. The molecule has 0 spiro atoms. The van der Waals surface area contributed by atoms with Gasteiger partial charge in [0.1, 0.15) is 13.2 Å². The van der Waals surface area contributed by atoms with Crippen molar-refractivity contribution in [2.75, 3.05) is 31.8 Å². The lowest BCUT2D eigenvalue weighted by atomic mass is 10.1. The van der Waals surface area contributed by atoms with E-state index in [1.54, 1.807) is 23.1 Å². The summed E-state index contributed by atoms with van der Waals surface area (Å²) in [4.78, 5) is 26.3. The molecule has 0 unspecified atom stereocenters. The fourth-order valence-corrected chi connectivity index (χ4v) is 3.12. The number of nitrogens with zero attached hydrogens (tertiary/aromatic N) is 1. The molecule has 3 rings (SSSR count). The van der Waals surface area contributed by atoms with Gasteiger partial charge in [-0.05, 0) is 49.8 Å². The van der Waals surface area contributed by atoms with Crippen molar-refractivity contribution >= 4 is 23.6 Å². The lowest BCUT2D eigenvalue weighted by molar-refractivity contribution is -0.143. The van der Waals surface area contributed by atoms with Gasteiger partial charge >= 0.3 is 5.97 Å². The predicted molar refractivity (Wildman–Crippen MR) is 113 cm³/mol. The summed E-state index contributed by atoms with van der Waals surface area (Å²) < 4.78 is 21.6. The molecule has 7 nitrogen and oxygen atoms in total. The van der Waals surface area contributed by atoms with Crippen LogP contribution in [0, 0.1) is 0 Å². The Kier molecular flexibility index (Phi) is 6.95. The molecular formula is C23H25NO6. The van der Waals surface area contributed by atoms with Gasteiger partial charge in [0.15, 0.2) is 18.1 Å². The Labute approximate surface area is 175 Å². The number of esters is 1. The number of anilines is 1. The molecule has 0 radical (unpaired) electrons. The highest BCUT2D eigenvalue weighted by atomic mass is 16.6. The third-order valence-corrected chi connectivity index (χ3v) is 4.42. The normalized spacial score (nSPS) is 12.7. The Morgan fingerprint density at radius 1 is 1.13 bits per heavy atom. The van der Waals surface area contributed by atoms with E-state index in [1.807, 2.05) is 44.2 Å². The van der Waals surface area contributed by atoms with Gasteiger partial charge in [0, 0.05) is 17.8 Å². The van der Waals surface area contributed by atoms with E-state index in [0.717, 1.165) is 5.69 Å². The number of ether oxygens (including phenoxy) is 4. The monoisotopic (exact) mass is 411 g/mol. The molecule has 1 aliphatic rings. The van der Waals surface area contributed by atoms with E-state index in [2.05, 4.69) is 0 Å². The highest BCUT2D eigenvalue weighted by Crippen LogP contribution is 2.40. The lowest BCUT2D eigenvalue weighted by Crippen LogP contribution is -2.39.